The van der Waals surface area contributed by atoms with E-state index in [1.807, 2.05) is 13.1 Å². The van der Waals surface area contributed by atoms with Crippen molar-refractivity contribution in [3.8, 4) is 0 Å². The Morgan fingerprint density at radius 2 is 1.31 bits per heavy atom. The second-order valence-corrected chi connectivity index (χ2v) is 14.0. The molecule has 0 aliphatic rings. The maximum Gasteiger partial charge on any atom is 0.339 e. The first-order valence-electron chi connectivity index (χ1n) is 11.1. The minimum Gasteiger partial charge on any atom is -0.516 e. The van der Waals surface area contributed by atoms with E-state index in [0.717, 1.165) is 12.8 Å². The molecule has 29 heavy (non-hydrogen) atoms. The Kier molecular flexibility index (Phi) is 10.7. The number of carbonyl (C=O) groups is 2. The van der Waals surface area contributed by atoms with Crippen LogP contribution in [-0.4, -0.2) is 26.9 Å². The molecule has 0 spiro atoms. The van der Waals surface area contributed by atoms with Gasteiger partial charge in [0.05, 0.1) is 17.7 Å². The van der Waals surface area contributed by atoms with Gasteiger partial charge in [0.2, 0.25) is 0 Å². The van der Waals surface area contributed by atoms with Crippen molar-refractivity contribution in [3.05, 3.63) is 35.4 Å². The quantitative estimate of drug-likeness (QED) is 0.205. The molecule has 0 aliphatic heterocycles. The summed E-state index contributed by atoms with van der Waals surface area (Å²) in [4.78, 5) is 25.3. The van der Waals surface area contributed by atoms with Gasteiger partial charge >= 0.3 is 11.9 Å². The topological polar surface area (TPSA) is 52.6 Å². The number of hydrogen-bond donors (Lipinski definition) is 0. The molecule has 0 bridgehead atoms. The third kappa shape index (κ3) is 8.73. The highest BCUT2D eigenvalue weighted by molar-refractivity contribution is 6.75. The first kappa shape index (κ1) is 25.4. The first-order valence-corrected chi connectivity index (χ1v) is 14.0. The van der Waals surface area contributed by atoms with E-state index in [-0.39, 0.29) is 10.6 Å². The van der Waals surface area contributed by atoms with Crippen LogP contribution in [0.3, 0.4) is 0 Å². The van der Waals surface area contributed by atoms with Crippen LogP contribution in [0.15, 0.2) is 24.3 Å². The summed E-state index contributed by atoms with van der Waals surface area (Å²) in [6, 6.07) is 6.77. The molecule has 0 amide bonds. The average molecular weight is 421 g/mol. The van der Waals surface area contributed by atoms with E-state index in [2.05, 4.69) is 27.7 Å². The van der Waals surface area contributed by atoms with E-state index in [0.29, 0.717) is 12.2 Å². The Hall–Kier alpha value is -1.62. The molecule has 164 valence electrons. The predicted molar refractivity (Wildman–Crippen MR) is 122 cm³/mol. The van der Waals surface area contributed by atoms with Gasteiger partial charge in [-0.05, 0) is 36.7 Å². The second kappa shape index (κ2) is 12.2. The van der Waals surface area contributed by atoms with E-state index >= 15 is 0 Å². The van der Waals surface area contributed by atoms with Crippen LogP contribution in [0.1, 0.15) is 99.8 Å². The summed E-state index contributed by atoms with van der Waals surface area (Å²) in [5, 5.41) is -0.0886. The molecule has 0 fully saturated rings. The Balaban J connectivity index is 2.54. The standard InChI is InChI=1S/C24H40O4Si/c1-7-8-9-10-11-12-13-16-19-27-22(25)20-17-14-15-18-21(20)23(26)28-29(5,6)24(2,3)4/h14-15,17-18H,7-13,16,19H2,1-6H3. The van der Waals surface area contributed by atoms with Gasteiger partial charge in [-0.15, -0.1) is 0 Å². The number of carbonyl (C=O) groups excluding carboxylic acids is 2. The molecule has 0 aliphatic carbocycles. The molecule has 0 atom stereocenters. The van der Waals surface area contributed by atoms with Crippen molar-refractivity contribution >= 4 is 20.3 Å². The van der Waals surface area contributed by atoms with Crippen LogP contribution in [0, 0.1) is 0 Å². The van der Waals surface area contributed by atoms with Crippen LogP contribution in [0.2, 0.25) is 18.1 Å². The van der Waals surface area contributed by atoms with Gasteiger partial charge in [0.25, 0.3) is 8.32 Å². The van der Waals surface area contributed by atoms with Gasteiger partial charge < -0.3 is 9.16 Å². The molecule has 0 radical (unpaired) electrons. The number of esters is 1. The summed E-state index contributed by atoms with van der Waals surface area (Å²) in [7, 11) is -2.26. The molecule has 1 aromatic carbocycles. The summed E-state index contributed by atoms with van der Waals surface area (Å²) in [5.74, 6) is -0.882. The summed E-state index contributed by atoms with van der Waals surface area (Å²) in [6.45, 7) is 12.9. The van der Waals surface area contributed by atoms with Crippen LogP contribution in [-0.2, 0) is 9.16 Å². The summed E-state index contributed by atoms with van der Waals surface area (Å²) in [6.07, 6.45) is 9.53. The van der Waals surface area contributed by atoms with Crippen LogP contribution >= 0.6 is 0 Å². The molecular weight excluding hydrogens is 380 g/mol. The third-order valence-electron chi connectivity index (χ3n) is 5.75. The van der Waals surface area contributed by atoms with E-state index in [1.165, 1.54) is 38.5 Å². The van der Waals surface area contributed by atoms with Crippen molar-refractivity contribution in [3.63, 3.8) is 0 Å². The summed E-state index contributed by atoms with van der Waals surface area (Å²) in [5.41, 5.74) is 0.578. The smallest absolute Gasteiger partial charge is 0.339 e. The van der Waals surface area contributed by atoms with Gasteiger partial charge in [-0.3, -0.25) is 0 Å². The minimum atomic E-state index is -2.26. The molecule has 0 unspecified atom stereocenters. The fourth-order valence-electron chi connectivity index (χ4n) is 2.76. The largest absolute Gasteiger partial charge is 0.516 e. The molecule has 0 heterocycles. The van der Waals surface area contributed by atoms with Crippen molar-refractivity contribution < 1.29 is 18.8 Å². The zero-order chi connectivity index (χ0) is 21.9. The van der Waals surface area contributed by atoms with Crippen LogP contribution in [0.4, 0.5) is 0 Å². The van der Waals surface area contributed by atoms with Crippen molar-refractivity contribution in [2.24, 2.45) is 0 Å². The van der Waals surface area contributed by atoms with E-state index in [4.69, 9.17) is 9.16 Å². The SMILES string of the molecule is CCCCCCCCCCOC(=O)c1ccccc1C(=O)O[Si](C)(C)C(C)(C)C. The monoisotopic (exact) mass is 420 g/mol. The van der Waals surface area contributed by atoms with Gasteiger partial charge in [-0.25, -0.2) is 9.59 Å². The fourth-order valence-corrected chi connectivity index (χ4v) is 3.64. The van der Waals surface area contributed by atoms with Crippen LogP contribution < -0.4 is 0 Å². The highest BCUT2D eigenvalue weighted by atomic mass is 28.4. The van der Waals surface area contributed by atoms with Crippen molar-refractivity contribution in [1.82, 2.24) is 0 Å². The van der Waals surface area contributed by atoms with Crippen LogP contribution in [0.5, 0.6) is 0 Å². The van der Waals surface area contributed by atoms with Crippen LogP contribution in [0.25, 0.3) is 0 Å². The Morgan fingerprint density at radius 3 is 1.83 bits per heavy atom. The lowest BCUT2D eigenvalue weighted by atomic mass is 10.1. The Bertz CT molecular complexity index is 647. The molecule has 4 nitrogen and oxygen atoms in total. The summed E-state index contributed by atoms with van der Waals surface area (Å²) >= 11 is 0. The molecule has 0 aromatic heterocycles. The summed E-state index contributed by atoms with van der Waals surface area (Å²) < 4.78 is 11.3. The Morgan fingerprint density at radius 1 is 0.828 bits per heavy atom. The number of unbranched alkanes of at least 4 members (excludes halogenated alkanes) is 7. The number of rotatable bonds is 12. The van der Waals surface area contributed by atoms with Crippen molar-refractivity contribution in [2.75, 3.05) is 6.61 Å². The molecule has 1 aromatic rings. The predicted octanol–water partition coefficient (Wildman–Crippen LogP) is 7.15. The molecular formula is C24H40O4Si. The fraction of sp³-hybridized carbons (Fsp3) is 0.667. The van der Waals surface area contributed by atoms with E-state index in [9.17, 15) is 9.59 Å². The van der Waals surface area contributed by atoms with Gasteiger partial charge in [0, 0.05) is 0 Å². The zero-order valence-corrected chi connectivity index (χ0v) is 20.3. The molecule has 1 rings (SSSR count). The maximum atomic E-state index is 12.8. The lowest BCUT2D eigenvalue weighted by Gasteiger charge is -2.35. The first-order chi connectivity index (χ1) is 13.6. The van der Waals surface area contributed by atoms with Gasteiger partial charge in [-0.2, -0.15) is 0 Å². The van der Waals surface area contributed by atoms with Gasteiger partial charge in [0.15, 0.2) is 0 Å². The second-order valence-electron chi connectivity index (χ2n) is 9.31. The van der Waals surface area contributed by atoms with Crippen molar-refractivity contribution in [2.45, 2.75) is 97.2 Å². The highest BCUT2D eigenvalue weighted by Gasteiger charge is 2.41. The van der Waals surface area contributed by atoms with E-state index in [1.54, 1.807) is 24.3 Å². The number of ether oxygens (including phenoxy) is 1. The van der Waals surface area contributed by atoms with E-state index < -0.39 is 20.3 Å². The molecule has 5 heteroatoms. The van der Waals surface area contributed by atoms with Crippen molar-refractivity contribution in [1.29, 1.82) is 0 Å². The number of hydrogen-bond acceptors (Lipinski definition) is 4. The highest BCUT2D eigenvalue weighted by Crippen LogP contribution is 2.37. The lowest BCUT2D eigenvalue weighted by molar-refractivity contribution is 0.0488. The molecule has 0 saturated carbocycles. The van der Waals surface area contributed by atoms with Gasteiger partial charge in [-0.1, -0.05) is 84.8 Å². The zero-order valence-electron chi connectivity index (χ0n) is 19.3. The third-order valence-corrected chi connectivity index (χ3v) is 10.1. The molecule has 0 saturated heterocycles. The minimum absolute atomic E-state index is 0.0886. The normalized spacial score (nSPS) is 11.9. The van der Waals surface area contributed by atoms with Gasteiger partial charge in [0.1, 0.15) is 0 Å². The average Bonchev–Trinajstić information content (AvgIpc) is 2.65. The maximum absolute atomic E-state index is 12.8. The number of benzene rings is 1. The lowest BCUT2D eigenvalue weighted by Crippen LogP contribution is -2.42. The molecule has 0 N–H and O–H groups in total. The Labute approximate surface area is 178 Å².